The van der Waals surface area contributed by atoms with Crippen molar-refractivity contribution in [1.82, 2.24) is 10.2 Å². The van der Waals surface area contributed by atoms with Crippen molar-refractivity contribution in [2.45, 2.75) is 6.04 Å². The number of benzene rings is 2. The molecule has 1 N–H and O–H groups in total. The molecule has 0 bridgehead atoms. The number of carbonyl (C=O) groups is 1. The van der Waals surface area contributed by atoms with Gasteiger partial charge in [0.2, 0.25) is 5.78 Å². The summed E-state index contributed by atoms with van der Waals surface area (Å²) in [5.74, 6) is 0.376. The van der Waals surface area contributed by atoms with Gasteiger partial charge in [-0.1, -0.05) is 48.5 Å². The van der Waals surface area contributed by atoms with E-state index in [1.54, 1.807) is 6.07 Å². The molecule has 1 heterocycles. The summed E-state index contributed by atoms with van der Waals surface area (Å²) in [5, 5.41) is 4.21. The second-order valence-corrected chi connectivity index (χ2v) is 6.09. The standard InChI is InChI=1S/C20H22N2O2/c1-22(2)17(15-8-4-3-5-9-15)13-21-14-18(23)20-12-16-10-6-7-11-19(16)24-20/h3-12,17,21H,13-14H2,1-2H3. The molecule has 0 amide bonds. The number of nitrogens with zero attached hydrogens (tertiary/aromatic N) is 1. The molecule has 3 aromatic rings. The van der Waals surface area contributed by atoms with Gasteiger partial charge in [0.05, 0.1) is 6.54 Å². The van der Waals surface area contributed by atoms with Gasteiger partial charge in [-0.15, -0.1) is 0 Å². The number of Topliss-reactive ketones (excluding diaryl/α,β-unsaturated/α-hetero) is 1. The minimum atomic E-state index is -0.0308. The lowest BCUT2D eigenvalue weighted by Crippen LogP contribution is -2.33. The molecular formula is C20H22N2O2. The Bertz CT molecular complexity index is 776. The summed E-state index contributed by atoms with van der Waals surface area (Å²) in [4.78, 5) is 14.5. The maximum Gasteiger partial charge on any atom is 0.211 e. The van der Waals surface area contributed by atoms with Crippen LogP contribution in [0.25, 0.3) is 11.0 Å². The van der Waals surface area contributed by atoms with E-state index >= 15 is 0 Å². The van der Waals surface area contributed by atoms with Gasteiger partial charge >= 0.3 is 0 Å². The Hall–Kier alpha value is -2.43. The number of carbonyl (C=O) groups excluding carboxylic acids is 1. The predicted octanol–water partition coefficient (Wildman–Crippen LogP) is 3.51. The lowest BCUT2D eigenvalue weighted by Gasteiger charge is -2.25. The molecule has 4 heteroatoms. The minimum absolute atomic E-state index is 0.0308. The maximum absolute atomic E-state index is 12.3. The third-order valence-corrected chi connectivity index (χ3v) is 4.13. The smallest absolute Gasteiger partial charge is 0.211 e. The maximum atomic E-state index is 12.3. The molecule has 4 nitrogen and oxygen atoms in total. The van der Waals surface area contributed by atoms with Gasteiger partial charge in [-0.05, 0) is 31.8 Å². The number of hydrogen-bond donors (Lipinski definition) is 1. The van der Waals surface area contributed by atoms with Crippen LogP contribution in [0, 0.1) is 0 Å². The molecule has 2 aromatic carbocycles. The number of likely N-dealkylation sites (N-methyl/N-ethyl adjacent to an activating group) is 1. The SMILES string of the molecule is CN(C)C(CNCC(=O)c1cc2ccccc2o1)c1ccccc1. The Morgan fingerprint density at radius 3 is 2.50 bits per heavy atom. The fraction of sp³-hybridized carbons (Fsp3) is 0.250. The molecule has 0 fully saturated rings. The highest BCUT2D eigenvalue weighted by Crippen LogP contribution is 2.19. The first kappa shape index (κ1) is 16.4. The fourth-order valence-electron chi connectivity index (χ4n) is 2.80. The van der Waals surface area contributed by atoms with E-state index in [0.29, 0.717) is 12.3 Å². The third kappa shape index (κ3) is 3.72. The highest BCUT2D eigenvalue weighted by molar-refractivity contribution is 5.98. The van der Waals surface area contributed by atoms with E-state index in [9.17, 15) is 4.79 Å². The van der Waals surface area contributed by atoms with Gasteiger partial charge in [-0.2, -0.15) is 0 Å². The lowest BCUT2D eigenvalue weighted by atomic mass is 10.1. The summed E-state index contributed by atoms with van der Waals surface area (Å²) in [6.07, 6.45) is 0. The van der Waals surface area contributed by atoms with Crippen LogP contribution < -0.4 is 5.32 Å². The van der Waals surface area contributed by atoms with E-state index in [0.717, 1.165) is 11.0 Å². The van der Waals surface area contributed by atoms with Crippen LogP contribution in [0.1, 0.15) is 22.2 Å². The van der Waals surface area contributed by atoms with Crippen LogP contribution in [0.2, 0.25) is 0 Å². The molecule has 0 spiro atoms. The number of ketones is 1. The van der Waals surface area contributed by atoms with Crippen molar-refractivity contribution in [2.75, 3.05) is 27.2 Å². The zero-order valence-corrected chi connectivity index (χ0v) is 14.0. The second kappa shape index (κ2) is 7.43. The Morgan fingerprint density at radius 1 is 1.08 bits per heavy atom. The summed E-state index contributed by atoms with van der Waals surface area (Å²) < 4.78 is 5.62. The van der Waals surface area contributed by atoms with Gasteiger partial charge < -0.3 is 14.6 Å². The summed E-state index contributed by atoms with van der Waals surface area (Å²) in [7, 11) is 4.08. The molecule has 124 valence electrons. The van der Waals surface area contributed by atoms with Crippen LogP contribution in [0.5, 0.6) is 0 Å². The summed E-state index contributed by atoms with van der Waals surface area (Å²) in [5.41, 5.74) is 1.97. The van der Waals surface area contributed by atoms with Crippen LogP contribution >= 0.6 is 0 Å². The zero-order chi connectivity index (χ0) is 16.9. The fourth-order valence-corrected chi connectivity index (χ4v) is 2.80. The van der Waals surface area contributed by atoms with E-state index in [1.807, 2.05) is 56.6 Å². The van der Waals surface area contributed by atoms with Crippen molar-refractivity contribution in [3.8, 4) is 0 Å². The normalized spacial score (nSPS) is 12.6. The minimum Gasteiger partial charge on any atom is -0.453 e. The Balaban J connectivity index is 1.61. The van der Waals surface area contributed by atoms with Gasteiger partial charge in [0.25, 0.3) is 0 Å². The first-order valence-corrected chi connectivity index (χ1v) is 8.09. The van der Waals surface area contributed by atoms with Gasteiger partial charge in [0.1, 0.15) is 5.58 Å². The number of hydrogen-bond acceptors (Lipinski definition) is 4. The molecular weight excluding hydrogens is 300 g/mol. The third-order valence-electron chi connectivity index (χ3n) is 4.13. The molecule has 0 saturated heterocycles. The van der Waals surface area contributed by atoms with Gasteiger partial charge in [0, 0.05) is 18.0 Å². The Morgan fingerprint density at radius 2 is 1.79 bits per heavy atom. The molecule has 0 aliphatic rings. The summed E-state index contributed by atoms with van der Waals surface area (Å²) in [6, 6.07) is 20.0. The molecule has 1 unspecified atom stereocenters. The van der Waals surface area contributed by atoms with Crippen molar-refractivity contribution in [1.29, 1.82) is 0 Å². The Labute approximate surface area is 142 Å². The Kier molecular flexibility index (Phi) is 5.08. The first-order chi connectivity index (χ1) is 11.6. The van der Waals surface area contributed by atoms with E-state index in [2.05, 4.69) is 22.3 Å². The van der Waals surface area contributed by atoms with Crippen molar-refractivity contribution in [3.63, 3.8) is 0 Å². The van der Waals surface area contributed by atoms with Crippen molar-refractivity contribution < 1.29 is 9.21 Å². The van der Waals surface area contributed by atoms with Crippen LogP contribution in [-0.2, 0) is 0 Å². The van der Waals surface area contributed by atoms with Crippen LogP contribution in [-0.4, -0.2) is 37.9 Å². The van der Waals surface area contributed by atoms with Crippen molar-refractivity contribution >= 4 is 16.8 Å². The topological polar surface area (TPSA) is 45.5 Å². The average Bonchev–Trinajstić information content (AvgIpc) is 3.03. The van der Waals surface area contributed by atoms with E-state index < -0.39 is 0 Å². The number of furan rings is 1. The van der Waals surface area contributed by atoms with E-state index in [4.69, 9.17) is 4.42 Å². The second-order valence-electron chi connectivity index (χ2n) is 6.09. The number of rotatable bonds is 7. The zero-order valence-electron chi connectivity index (χ0n) is 14.0. The number of para-hydroxylation sites is 1. The molecule has 3 rings (SSSR count). The summed E-state index contributed by atoms with van der Waals surface area (Å²) >= 11 is 0. The highest BCUT2D eigenvalue weighted by Gasteiger charge is 2.16. The molecule has 0 saturated carbocycles. The molecule has 1 aromatic heterocycles. The van der Waals surface area contributed by atoms with Crippen molar-refractivity contribution in [3.05, 3.63) is 72.0 Å². The average molecular weight is 322 g/mol. The highest BCUT2D eigenvalue weighted by atomic mass is 16.3. The molecule has 0 aliphatic carbocycles. The number of fused-ring (bicyclic) bond motifs is 1. The molecule has 0 radical (unpaired) electrons. The molecule has 24 heavy (non-hydrogen) atoms. The van der Waals surface area contributed by atoms with E-state index in [1.165, 1.54) is 5.56 Å². The first-order valence-electron chi connectivity index (χ1n) is 8.09. The van der Waals surface area contributed by atoms with E-state index in [-0.39, 0.29) is 18.4 Å². The predicted molar refractivity (Wildman–Crippen MR) is 96.3 cm³/mol. The van der Waals surface area contributed by atoms with Gasteiger partial charge in [-0.25, -0.2) is 0 Å². The summed E-state index contributed by atoms with van der Waals surface area (Å²) in [6.45, 7) is 0.958. The van der Waals surface area contributed by atoms with Crippen LogP contribution in [0.3, 0.4) is 0 Å². The molecule has 0 aliphatic heterocycles. The molecule has 1 atom stereocenters. The van der Waals surface area contributed by atoms with Crippen molar-refractivity contribution in [2.24, 2.45) is 0 Å². The van der Waals surface area contributed by atoms with Crippen LogP contribution in [0.4, 0.5) is 0 Å². The lowest BCUT2D eigenvalue weighted by molar-refractivity contribution is 0.0964. The monoisotopic (exact) mass is 322 g/mol. The largest absolute Gasteiger partial charge is 0.453 e. The van der Waals surface area contributed by atoms with Gasteiger partial charge in [-0.3, -0.25) is 4.79 Å². The van der Waals surface area contributed by atoms with Crippen LogP contribution in [0.15, 0.2) is 65.1 Å². The quantitative estimate of drug-likeness (QED) is 0.676. The van der Waals surface area contributed by atoms with Gasteiger partial charge in [0.15, 0.2) is 5.76 Å². The number of nitrogens with one attached hydrogen (secondary N) is 1.